The Bertz CT molecular complexity index is 854. The zero-order valence-electron chi connectivity index (χ0n) is 16.3. The van der Waals surface area contributed by atoms with Crippen molar-refractivity contribution >= 4 is 35.1 Å². The minimum Gasteiger partial charge on any atom is -0.379 e. The van der Waals surface area contributed by atoms with Gasteiger partial charge in [-0.25, -0.2) is 4.79 Å². The number of hydrogen-bond acceptors (Lipinski definition) is 4. The van der Waals surface area contributed by atoms with Crippen LogP contribution in [0.5, 0.6) is 0 Å². The van der Waals surface area contributed by atoms with E-state index in [9.17, 15) is 9.59 Å². The first kappa shape index (κ1) is 20.5. The molecule has 3 amide bonds. The first-order valence-corrected chi connectivity index (χ1v) is 10.5. The molecule has 1 fully saturated rings. The second kappa shape index (κ2) is 8.52. The van der Waals surface area contributed by atoms with Gasteiger partial charge in [0.25, 0.3) is 5.91 Å². The number of nitrogens with zero attached hydrogens (tertiary/aromatic N) is 3. The predicted octanol–water partition coefficient (Wildman–Crippen LogP) is 2.51. The maximum absolute atomic E-state index is 13.2. The van der Waals surface area contributed by atoms with Gasteiger partial charge in [-0.1, -0.05) is 29.3 Å². The van der Waals surface area contributed by atoms with Crippen LogP contribution in [0.4, 0.5) is 4.79 Å². The number of carbonyl (C=O) groups is 2. The third kappa shape index (κ3) is 4.10. The van der Waals surface area contributed by atoms with E-state index in [2.05, 4.69) is 10.2 Å². The molecule has 29 heavy (non-hydrogen) atoms. The van der Waals surface area contributed by atoms with Crippen LogP contribution >= 0.6 is 23.2 Å². The van der Waals surface area contributed by atoms with E-state index in [1.54, 1.807) is 25.2 Å². The summed E-state index contributed by atoms with van der Waals surface area (Å²) in [5.74, 6) is -0.0371. The fourth-order valence-corrected chi connectivity index (χ4v) is 4.36. The number of carbonyl (C=O) groups excluding carboxylic acids is 2. The van der Waals surface area contributed by atoms with E-state index in [1.165, 1.54) is 4.90 Å². The lowest BCUT2D eigenvalue weighted by Crippen LogP contribution is -2.45. The lowest BCUT2D eigenvalue weighted by molar-refractivity contribution is -0.125. The van der Waals surface area contributed by atoms with E-state index < -0.39 is 6.04 Å². The van der Waals surface area contributed by atoms with Crippen LogP contribution in [0.25, 0.3) is 0 Å². The van der Waals surface area contributed by atoms with E-state index in [4.69, 9.17) is 27.9 Å². The first-order valence-electron chi connectivity index (χ1n) is 9.77. The molecule has 4 rings (SSSR count). The number of nitrogens with one attached hydrogen (secondary N) is 1. The van der Waals surface area contributed by atoms with Gasteiger partial charge in [-0.2, -0.15) is 0 Å². The Hall–Kier alpha value is -1.80. The molecule has 1 N–H and O–H groups in total. The number of amides is 3. The lowest BCUT2D eigenvalue weighted by Gasteiger charge is -2.31. The van der Waals surface area contributed by atoms with Gasteiger partial charge in [0, 0.05) is 33.2 Å². The predicted molar refractivity (Wildman–Crippen MR) is 111 cm³/mol. The van der Waals surface area contributed by atoms with E-state index in [1.807, 2.05) is 4.90 Å². The molecule has 0 bridgehead atoms. The molecule has 0 radical (unpaired) electrons. The highest BCUT2D eigenvalue weighted by molar-refractivity contribution is 6.42. The molecule has 1 saturated heterocycles. The number of morpholine rings is 1. The van der Waals surface area contributed by atoms with E-state index >= 15 is 0 Å². The van der Waals surface area contributed by atoms with E-state index in [0.29, 0.717) is 28.7 Å². The van der Waals surface area contributed by atoms with Gasteiger partial charge in [0.15, 0.2) is 0 Å². The molecule has 3 aliphatic heterocycles. The summed E-state index contributed by atoms with van der Waals surface area (Å²) < 4.78 is 5.38. The highest BCUT2D eigenvalue weighted by atomic mass is 35.5. The quantitative estimate of drug-likeness (QED) is 0.766. The van der Waals surface area contributed by atoms with Crippen molar-refractivity contribution in [2.24, 2.45) is 0 Å². The molecule has 156 valence electrons. The number of halogens is 2. The van der Waals surface area contributed by atoms with Gasteiger partial charge in [0.2, 0.25) is 0 Å². The minimum atomic E-state index is -0.528. The van der Waals surface area contributed by atoms with Crippen molar-refractivity contribution in [3.63, 3.8) is 0 Å². The molecule has 7 nitrogen and oxygen atoms in total. The van der Waals surface area contributed by atoms with Gasteiger partial charge in [-0.15, -0.1) is 0 Å². The fourth-order valence-electron chi connectivity index (χ4n) is 4.06. The number of benzene rings is 1. The Morgan fingerprint density at radius 3 is 2.62 bits per heavy atom. The Morgan fingerprint density at radius 2 is 1.90 bits per heavy atom. The van der Waals surface area contributed by atoms with Gasteiger partial charge < -0.3 is 15.0 Å². The molecular formula is C20H24Cl2N4O3. The molecular weight excluding hydrogens is 415 g/mol. The zero-order valence-corrected chi connectivity index (χ0v) is 17.8. The van der Waals surface area contributed by atoms with Crippen molar-refractivity contribution in [1.82, 2.24) is 20.0 Å². The van der Waals surface area contributed by atoms with Crippen molar-refractivity contribution in [1.29, 1.82) is 0 Å². The second-order valence-corrected chi connectivity index (χ2v) is 8.32. The first-order chi connectivity index (χ1) is 14.0. The Labute approximate surface area is 180 Å². The Kier molecular flexibility index (Phi) is 6.01. The number of likely N-dealkylation sites (N-methyl/N-ethyl adjacent to an activating group) is 1. The van der Waals surface area contributed by atoms with E-state index in [0.717, 1.165) is 50.5 Å². The standard InChI is InChI=1S/C20H24Cl2N4O3/c1-24-16-12-26(6-2-5-25-7-9-29-10-8-25)19(27)17(16)18(23-20(24)28)13-3-4-14(21)15(22)11-13/h3-4,11,18H,2,5-10,12H2,1H3,(H,23,28). The van der Waals surface area contributed by atoms with Crippen LogP contribution in [0.15, 0.2) is 29.5 Å². The van der Waals surface area contributed by atoms with Crippen LogP contribution in [0.1, 0.15) is 18.0 Å². The number of rotatable bonds is 5. The van der Waals surface area contributed by atoms with Crippen LogP contribution < -0.4 is 5.32 Å². The molecule has 0 aromatic heterocycles. The van der Waals surface area contributed by atoms with Gasteiger partial charge in [-0.05, 0) is 24.1 Å². The molecule has 0 aliphatic carbocycles. The van der Waals surface area contributed by atoms with Crippen molar-refractivity contribution in [2.75, 3.05) is 53.0 Å². The van der Waals surface area contributed by atoms with Gasteiger partial charge in [-0.3, -0.25) is 14.6 Å². The third-order valence-electron chi connectivity index (χ3n) is 5.72. The van der Waals surface area contributed by atoms with Gasteiger partial charge in [0.1, 0.15) is 0 Å². The normalized spacial score (nSPS) is 22.9. The summed E-state index contributed by atoms with van der Waals surface area (Å²) in [6.07, 6.45) is 0.884. The summed E-state index contributed by atoms with van der Waals surface area (Å²) in [5, 5.41) is 3.75. The zero-order chi connectivity index (χ0) is 20.5. The molecule has 0 spiro atoms. The molecule has 1 aromatic carbocycles. The molecule has 1 aromatic rings. The summed E-state index contributed by atoms with van der Waals surface area (Å²) >= 11 is 12.2. The summed E-state index contributed by atoms with van der Waals surface area (Å²) in [7, 11) is 1.69. The van der Waals surface area contributed by atoms with Crippen LogP contribution in [-0.4, -0.2) is 79.6 Å². The van der Waals surface area contributed by atoms with Gasteiger partial charge in [0.05, 0.1) is 47.1 Å². The van der Waals surface area contributed by atoms with Gasteiger partial charge >= 0.3 is 6.03 Å². The molecule has 3 heterocycles. The monoisotopic (exact) mass is 438 g/mol. The maximum Gasteiger partial charge on any atom is 0.322 e. The Morgan fingerprint density at radius 1 is 1.14 bits per heavy atom. The number of hydrogen-bond donors (Lipinski definition) is 1. The van der Waals surface area contributed by atoms with Crippen LogP contribution in [0.3, 0.4) is 0 Å². The van der Waals surface area contributed by atoms with Crippen molar-refractivity contribution < 1.29 is 14.3 Å². The molecule has 9 heteroatoms. The van der Waals surface area contributed by atoms with Crippen LogP contribution in [0, 0.1) is 0 Å². The highest BCUT2D eigenvalue weighted by Gasteiger charge is 2.42. The lowest BCUT2D eigenvalue weighted by atomic mass is 9.96. The van der Waals surface area contributed by atoms with Crippen LogP contribution in [-0.2, 0) is 9.53 Å². The topological polar surface area (TPSA) is 65.1 Å². The number of urea groups is 1. The summed E-state index contributed by atoms with van der Waals surface area (Å²) in [6.45, 7) is 5.43. The summed E-state index contributed by atoms with van der Waals surface area (Å²) in [5.41, 5.74) is 2.11. The van der Waals surface area contributed by atoms with E-state index in [-0.39, 0.29) is 11.9 Å². The smallest absolute Gasteiger partial charge is 0.322 e. The summed E-state index contributed by atoms with van der Waals surface area (Å²) in [6, 6.07) is 4.43. The fraction of sp³-hybridized carbons (Fsp3) is 0.500. The van der Waals surface area contributed by atoms with Crippen molar-refractivity contribution in [3.8, 4) is 0 Å². The SMILES string of the molecule is CN1C(=O)NC(c2ccc(Cl)c(Cl)c2)C2=C1CN(CCCN1CCOCC1)C2=O. The van der Waals surface area contributed by atoms with Crippen LogP contribution in [0.2, 0.25) is 10.0 Å². The second-order valence-electron chi connectivity index (χ2n) is 7.51. The molecule has 3 aliphatic rings. The molecule has 1 atom stereocenters. The molecule has 0 saturated carbocycles. The average Bonchev–Trinajstić information content (AvgIpc) is 3.04. The largest absolute Gasteiger partial charge is 0.379 e. The Balaban J connectivity index is 1.49. The minimum absolute atomic E-state index is 0.0371. The van der Waals surface area contributed by atoms with Crippen molar-refractivity contribution in [2.45, 2.75) is 12.5 Å². The third-order valence-corrected chi connectivity index (χ3v) is 6.46. The summed E-state index contributed by atoms with van der Waals surface area (Å²) in [4.78, 5) is 31.4. The average molecular weight is 439 g/mol. The maximum atomic E-state index is 13.2. The van der Waals surface area contributed by atoms with Crippen molar-refractivity contribution in [3.05, 3.63) is 45.1 Å². The number of ether oxygens (including phenoxy) is 1. The highest BCUT2D eigenvalue weighted by Crippen LogP contribution is 2.37. The molecule has 1 unspecified atom stereocenters.